The SMILES string of the molecule is COC(=O)C1CN(CC2CN(C)CCO2)CC1C. The molecule has 5 heteroatoms. The average molecular weight is 256 g/mol. The summed E-state index contributed by atoms with van der Waals surface area (Å²) >= 11 is 0. The minimum atomic E-state index is -0.0771. The minimum Gasteiger partial charge on any atom is -0.469 e. The van der Waals surface area contributed by atoms with Gasteiger partial charge in [-0.05, 0) is 13.0 Å². The van der Waals surface area contributed by atoms with Crippen LogP contribution in [0, 0.1) is 11.8 Å². The predicted molar refractivity (Wildman–Crippen MR) is 68.3 cm³/mol. The van der Waals surface area contributed by atoms with Gasteiger partial charge in [0, 0.05) is 32.7 Å². The average Bonchev–Trinajstić information content (AvgIpc) is 2.69. The third-order valence-electron chi connectivity index (χ3n) is 4.00. The van der Waals surface area contributed by atoms with Crippen LogP contribution in [0.25, 0.3) is 0 Å². The number of carbonyl (C=O) groups is 1. The first kappa shape index (κ1) is 13.8. The van der Waals surface area contributed by atoms with Crippen molar-refractivity contribution in [3.8, 4) is 0 Å². The molecule has 0 aromatic rings. The lowest BCUT2D eigenvalue weighted by molar-refractivity contribution is -0.146. The fourth-order valence-corrected chi connectivity index (χ4v) is 2.94. The van der Waals surface area contributed by atoms with Crippen LogP contribution in [0.1, 0.15) is 6.92 Å². The molecule has 3 unspecified atom stereocenters. The summed E-state index contributed by atoms with van der Waals surface area (Å²) in [5.41, 5.74) is 0. The molecule has 0 aliphatic carbocycles. The van der Waals surface area contributed by atoms with Gasteiger partial charge < -0.3 is 14.4 Å². The lowest BCUT2D eigenvalue weighted by atomic mass is 9.99. The fourth-order valence-electron chi connectivity index (χ4n) is 2.94. The lowest BCUT2D eigenvalue weighted by Crippen LogP contribution is -2.45. The van der Waals surface area contributed by atoms with E-state index in [-0.39, 0.29) is 18.0 Å². The molecule has 2 rings (SSSR count). The van der Waals surface area contributed by atoms with Crippen LogP contribution in [0.4, 0.5) is 0 Å². The fraction of sp³-hybridized carbons (Fsp3) is 0.923. The quantitative estimate of drug-likeness (QED) is 0.668. The lowest BCUT2D eigenvalue weighted by Gasteiger charge is -2.32. The number of rotatable bonds is 3. The maximum absolute atomic E-state index is 11.6. The Hall–Kier alpha value is -0.650. The van der Waals surface area contributed by atoms with E-state index in [0.717, 1.165) is 39.3 Å². The molecule has 104 valence electrons. The molecule has 0 spiro atoms. The van der Waals surface area contributed by atoms with Gasteiger partial charge >= 0.3 is 5.97 Å². The smallest absolute Gasteiger partial charge is 0.310 e. The Bertz CT molecular complexity index is 298. The molecular formula is C13H24N2O3. The maximum Gasteiger partial charge on any atom is 0.310 e. The topological polar surface area (TPSA) is 42.0 Å². The van der Waals surface area contributed by atoms with Crippen LogP contribution in [0.3, 0.4) is 0 Å². The van der Waals surface area contributed by atoms with E-state index in [2.05, 4.69) is 23.8 Å². The van der Waals surface area contributed by atoms with E-state index in [1.165, 1.54) is 7.11 Å². The highest BCUT2D eigenvalue weighted by atomic mass is 16.5. The van der Waals surface area contributed by atoms with Crippen molar-refractivity contribution < 1.29 is 14.3 Å². The summed E-state index contributed by atoms with van der Waals surface area (Å²) in [6, 6.07) is 0. The van der Waals surface area contributed by atoms with E-state index < -0.39 is 0 Å². The van der Waals surface area contributed by atoms with Gasteiger partial charge in [-0.25, -0.2) is 0 Å². The summed E-state index contributed by atoms with van der Waals surface area (Å²) in [5, 5.41) is 0. The molecule has 5 nitrogen and oxygen atoms in total. The monoisotopic (exact) mass is 256 g/mol. The van der Waals surface area contributed by atoms with Gasteiger partial charge in [0.2, 0.25) is 0 Å². The van der Waals surface area contributed by atoms with Crippen molar-refractivity contribution in [2.75, 3.05) is 53.5 Å². The number of carbonyl (C=O) groups excluding carboxylic acids is 1. The number of likely N-dealkylation sites (N-methyl/N-ethyl adjacent to an activating group) is 1. The molecule has 0 amide bonds. The molecule has 0 bridgehead atoms. The van der Waals surface area contributed by atoms with Crippen LogP contribution >= 0.6 is 0 Å². The normalized spacial score (nSPS) is 34.7. The van der Waals surface area contributed by atoms with Gasteiger partial charge in [-0.1, -0.05) is 6.92 Å². The molecule has 2 aliphatic rings. The van der Waals surface area contributed by atoms with Crippen molar-refractivity contribution in [2.24, 2.45) is 11.8 Å². The molecule has 0 aromatic heterocycles. The zero-order valence-electron chi connectivity index (χ0n) is 11.6. The number of morpholine rings is 1. The van der Waals surface area contributed by atoms with E-state index in [0.29, 0.717) is 5.92 Å². The minimum absolute atomic E-state index is 0.0244. The molecule has 2 saturated heterocycles. The summed E-state index contributed by atoms with van der Waals surface area (Å²) in [5.74, 6) is 0.321. The third kappa shape index (κ3) is 3.22. The second kappa shape index (κ2) is 5.99. The molecule has 2 aliphatic heterocycles. The van der Waals surface area contributed by atoms with Gasteiger partial charge in [-0.2, -0.15) is 0 Å². The Morgan fingerprint density at radius 2 is 2.17 bits per heavy atom. The first-order chi connectivity index (χ1) is 8.60. The van der Waals surface area contributed by atoms with Gasteiger partial charge in [0.05, 0.1) is 25.7 Å². The van der Waals surface area contributed by atoms with Crippen LogP contribution in [-0.4, -0.2) is 75.4 Å². The van der Waals surface area contributed by atoms with Crippen LogP contribution in [0.15, 0.2) is 0 Å². The number of hydrogen-bond acceptors (Lipinski definition) is 5. The van der Waals surface area contributed by atoms with Crippen molar-refractivity contribution in [1.29, 1.82) is 0 Å². The number of methoxy groups -OCH3 is 1. The van der Waals surface area contributed by atoms with E-state index in [9.17, 15) is 4.79 Å². The zero-order valence-corrected chi connectivity index (χ0v) is 11.6. The van der Waals surface area contributed by atoms with Crippen molar-refractivity contribution in [2.45, 2.75) is 13.0 Å². The number of likely N-dealkylation sites (tertiary alicyclic amines) is 1. The Labute approximate surface area is 109 Å². The zero-order chi connectivity index (χ0) is 13.1. The first-order valence-corrected chi connectivity index (χ1v) is 6.70. The van der Waals surface area contributed by atoms with E-state index in [1.807, 2.05) is 0 Å². The van der Waals surface area contributed by atoms with E-state index in [4.69, 9.17) is 9.47 Å². The molecule has 0 aromatic carbocycles. The Kier molecular flexibility index (Phi) is 4.59. The molecule has 0 radical (unpaired) electrons. The maximum atomic E-state index is 11.6. The summed E-state index contributed by atoms with van der Waals surface area (Å²) in [7, 11) is 3.59. The first-order valence-electron chi connectivity index (χ1n) is 6.70. The Balaban J connectivity index is 1.82. The highest BCUT2D eigenvalue weighted by Gasteiger charge is 2.36. The molecular weight excluding hydrogens is 232 g/mol. The van der Waals surface area contributed by atoms with Crippen molar-refractivity contribution in [1.82, 2.24) is 9.80 Å². The summed E-state index contributed by atoms with van der Waals surface area (Å²) in [4.78, 5) is 16.3. The van der Waals surface area contributed by atoms with Crippen molar-refractivity contribution >= 4 is 5.97 Å². The number of hydrogen-bond donors (Lipinski definition) is 0. The van der Waals surface area contributed by atoms with Gasteiger partial charge in [-0.3, -0.25) is 9.69 Å². The molecule has 2 heterocycles. The van der Waals surface area contributed by atoms with Crippen LogP contribution in [0.2, 0.25) is 0 Å². The molecule has 0 saturated carbocycles. The molecule has 3 atom stereocenters. The second-order valence-corrected chi connectivity index (χ2v) is 5.58. The highest BCUT2D eigenvalue weighted by molar-refractivity contribution is 5.73. The van der Waals surface area contributed by atoms with Gasteiger partial charge in [0.15, 0.2) is 0 Å². The van der Waals surface area contributed by atoms with Crippen LogP contribution in [-0.2, 0) is 14.3 Å². The second-order valence-electron chi connectivity index (χ2n) is 5.58. The Morgan fingerprint density at radius 1 is 1.39 bits per heavy atom. The van der Waals surface area contributed by atoms with E-state index in [1.54, 1.807) is 0 Å². The summed E-state index contributed by atoms with van der Waals surface area (Å²) in [6.07, 6.45) is 0.271. The molecule has 0 N–H and O–H groups in total. The number of ether oxygens (including phenoxy) is 2. The third-order valence-corrected chi connectivity index (χ3v) is 4.00. The van der Waals surface area contributed by atoms with Gasteiger partial charge in [0.25, 0.3) is 0 Å². The van der Waals surface area contributed by atoms with Crippen LogP contribution in [0.5, 0.6) is 0 Å². The van der Waals surface area contributed by atoms with Crippen molar-refractivity contribution in [3.63, 3.8) is 0 Å². The van der Waals surface area contributed by atoms with E-state index >= 15 is 0 Å². The van der Waals surface area contributed by atoms with Crippen LogP contribution < -0.4 is 0 Å². The van der Waals surface area contributed by atoms with Gasteiger partial charge in [0.1, 0.15) is 0 Å². The van der Waals surface area contributed by atoms with Gasteiger partial charge in [-0.15, -0.1) is 0 Å². The standard InChI is InChI=1S/C13H24N2O3/c1-10-6-15(9-12(10)13(16)17-3)8-11-7-14(2)4-5-18-11/h10-12H,4-9H2,1-3H3. The Morgan fingerprint density at radius 3 is 2.83 bits per heavy atom. The van der Waals surface area contributed by atoms with Crippen molar-refractivity contribution in [3.05, 3.63) is 0 Å². The number of esters is 1. The molecule has 2 fully saturated rings. The predicted octanol–water partition coefficient (Wildman–Crippen LogP) is 0.0579. The summed E-state index contributed by atoms with van der Waals surface area (Å²) < 4.78 is 10.6. The number of nitrogens with zero attached hydrogens (tertiary/aromatic N) is 2. The molecule has 18 heavy (non-hydrogen) atoms. The summed E-state index contributed by atoms with van der Waals surface area (Å²) in [6.45, 7) is 7.61. The largest absolute Gasteiger partial charge is 0.469 e. The highest BCUT2D eigenvalue weighted by Crippen LogP contribution is 2.24.